The molecule has 25 heavy (non-hydrogen) atoms. The summed E-state index contributed by atoms with van der Waals surface area (Å²) in [6.45, 7) is 3.74. The first-order chi connectivity index (χ1) is 12.0. The van der Waals surface area contributed by atoms with E-state index >= 15 is 0 Å². The molecule has 0 fully saturated rings. The Morgan fingerprint density at radius 2 is 1.80 bits per heavy atom. The van der Waals surface area contributed by atoms with Crippen molar-refractivity contribution in [1.29, 1.82) is 0 Å². The number of amides is 1. The van der Waals surface area contributed by atoms with Crippen LogP contribution in [0.2, 0.25) is 0 Å². The molecule has 1 N–H and O–H groups in total. The number of anilines is 1. The minimum Gasteiger partial charge on any atom is -0.411 e. The van der Waals surface area contributed by atoms with Crippen LogP contribution >= 0.6 is 11.8 Å². The summed E-state index contributed by atoms with van der Waals surface area (Å²) in [6, 6.07) is 13.3. The zero-order chi connectivity index (χ0) is 17.8. The van der Waals surface area contributed by atoms with Crippen molar-refractivity contribution in [3.63, 3.8) is 0 Å². The third-order valence-electron chi connectivity index (χ3n) is 3.46. The highest BCUT2D eigenvalue weighted by molar-refractivity contribution is 8.00. The molecule has 0 aliphatic carbocycles. The lowest BCUT2D eigenvalue weighted by molar-refractivity contribution is -0.115. The summed E-state index contributed by atoms with van der Waals surface area (Å²) in [4.78, 5) is 12.3. The molecule has 1 amide bonds. The molecule has 3 aromatic rings. The van der Waals surface area contributed by atoms with Crippen molar-refractivity contribution in [1.82, 2.24) is 10.2 Å². The fraction of sp³-hybridized carbons (Fsp3) is 0.167. The molecule has 0 saturated carbocycles. The molecule has 0 unspecified atom stereocenters. The molecule has 1 heterocycles. The van der Waals surface area contributed by atoms with E-state index in [0.29, 0.717) is 5.56 Å². The van der Waals surface area contributed by atoms with E-state index < -0.39 is 5.25 Å². The smallest absolute Gasteiger partial charge is 0.277 e. The van der Waals surface area contributed by atoms with Gasteiger partial charge < -0.3 is 9.73 Å². The molecule has 1 atom stereocenters. The summed E-state index contributed by atoms with van der Waals surface area (Å²) in [6.07, 6.45) is 0. The topological polar surface area (TPSA) is 68.0 Å². The van der Waals surface area contributed by atoms with E-state index in [0.717, 1.165) is 11.3 Å². The highest BCUT2D eigenvalue weighted by Crippen LogP contribution is 2.26. The number of nitrogens with one attached hydrogen (secondary N) is 1. The van der Waals surface area contributed by atoms with Gasteiger partial charge in [0.2, 0.25) is 11.8 Å². The zero-order valence-corrected chi connectivity index (χ0v) is 14.5. The maximum Gasteiger partial charge on any atom is 0.277 e. The van der Waals surface area contributed by atoms with Gasteiger partial charge in [0.1, 0.15) is 5.82 Å². The number of halogens is 1. The molecule has 0 saturated heterocycles. The van der Waals surface area contributed by atoms with Crippen LogP contribution in [0.4, 0.5) is 10.1 Å². The molecule has 1 aromatic heterocycles. The maximum absolute atomic E-state index is 13.0. The molecule has 2 aromatic carbocycles. The quantitative estimate of drug-likeness (QED) is 0.690. The molecule has 0 bridgehead atoms. The van der Waals surface area contributed by atoms with Crippen LogP contribution in [0.15, 0.2) is 58.2 Å². The summed E-state index contributed by atoms with van der Waals surface area (Å²) < 4.78 is 18.5. The van der Waals surface area contributed by atoms with Gasteiger partial charge in [0.05, 0.1) is 5.25 Å². The Hall–Kier alpha value is -2.67. The minimum absolute atomic E-state index is 0.157. The zero-order valence-electron chi connectivity index (χ0n) is 13.7. The van der Waals surface area contributed by atoms with Gasteiger partial charge in [0, 0.05) is 11.3 Å². The first kappa shape index (κ1) is 17.2. The van der Waals surface area contributed by atoms with E-state index in [1.807, 2.05) is 31.2 Å². The van der Waals surface area contributed by atoms with E-state index in [2.05, 4.69) is 15.5 Å². The van der Waals surface area contributed by atoms with Crippen LogP contribution in [0, 0.1) is 12.7 Å². The van der Waals surface area contributed by atoms with Crippen molar-refractivity contribution in [2.45, 2.75) is 24.3 Å². The van der Waals surface area contributed by atoms with Crippen molar-refractivity contribution in [3.05, 3.63) is 59.9 Å². The number of rotatable bonds is 5. The lowest BCUT2D eigenvalue weighted by atomic mass is 10.2. The number of thioether (sulfide) groups is 1. The third-order valence-corrected chi connectivity index (χ3v) is 4.40. The second-order valence-corrected chi connectivity index (χ2v) is 6.79. The third kappa shape index (κ3) is 4.45. The summed E-state index contributed by atoms with van der Waals surface area (Å²) in [5.41, 5.74) is 2.48. The minimum atomic E-state index is -0.414. The number of carbonyl (C=O) groups is 1. The number of benzene rings is 2. The average molecular weight is 357 g/mol. The Kier molecular flexibility index (Phi) is 5.14. The van der Waals surface area contributed by atoms with Crippen LogP contribution in [0.1, 0.15) is 12.5 Å². The number of nitrogens with zero attached hydrogens (tertiary/aromatic N) is 2. The van der Waals surface area contributed by atoms with Gasteiger partial charge in [-0.05, 0) is 50.2 Å². The molecule has 3 rings (SSSR count). The Balaban J connectivity index is 1.62. The maximum atomic E-state index is 13.0. The summed E-state index contributed by atoms with van der Waals surface area (Å²) >= 11 is 1.17. The fourth-order valence-corrected chi connectivity index (χ4v) is 2.74. The van der Waals surface area contributed by atoms with Gasteiger partial charge in [-0.1, -0.05) is 29.5 Å². The summed E-state index contributed by atoms with van der Waals surface area (Å²) in [5.74, 6) is -0.205. The number of hydrogen-bond donors (Lipinski definition) is 1. The normalized spacial score (nSPS) is 12.0. The van der Waals surface area contributed by atoms with Crippen LogP contribution in [-0.4, -0.2) is 21.4 Å². The molecule has 0 aliphatic rings. The molecule has 0 spiro atoms. The molecule has 0 aliphatic heterocycles. The molecule has 7 heteroatoms. The van der Waals surface area contributed by atoms with Crippen LogP contribution in [0.5, 0.6) is 0 Å². The average Bonchev–Trinajstić information content (AvgIpc) is 3.06. The van der Waals surface area contributed by atoms with Crippen molar-refractivity contribution < 1.29 is 13.6 Å². The fourth-order valence-electron chi connectivity index (χ4n) is 2.05. The highest BCUT2D eigenvalue weighted by Gasteiger charge is 2.19. The van der Waals surface area contributed by atoms with Crippen molar-refractivity contribution in [2.24, 2.45) is 0 Å². The first-order valence-corrected chi connectivity index (χ1v) is 8.53. The van der Waals surface area contributed by atoms with E-state index in [9.17, 15) is 9.18 Å². The second-order valence-electron chi connectivity index (χ2n) is 5.50. The van der Waals surface area contributed by atoms with Gasteiger partial charge in [-0.2, -0.15) is 0 Å². The van der Waals surface area contributed by atoms with Crippen LogP contribution in [0.25, 0.3) is 11.5 Å². The Morgan fingerprint density at radius 3 is 2.48 bits per heavy atom. The van der Waals surface area contributed by atoms with Gasteiger partial charge in [0.25, 0.3) is 5.22 Å². The molecular weight excluding hydrogens is 341 g/mol. The predicted octanol–water partition coefficient (Wildman–Crippen LogP) is 4.30. The second kappa shape index (κ2) is 7.48. The summed E-state index contributed by atoms with van der Waals surface area (Å²) in [5, 5.41) is 10.6. The predicted molar refractivity (Wildman–Crippen MR) is 94.8 cm³/mol. The molecule has 0 radical (unpaired) electrons. The van der Waals surface area contributed by atoms with Crippen molar-refractivity contribution >= 4 is 23.4 Å². The van der Waals surface area contributed by atoms with Gasteiger partial charge in [-0.25, -0.2) is 4.39 Å². The Morgan fingerprint density at radius 1 is 1.12 bits per heavy atom. The van der Waals surface area contributed by atoms with E-state index in [1.54, 1.807) is 19.1 Å². The molecular formula is C18H16FN3O2S. The van der Waals surface area contributed by atoms with Crippen LogP contribution in [0.3, 0.4) is 0 Å². The van der Waals surface area contributed by atoms with Gasteiger partial charge in [-0.3, -0.25) is 4.79 Å². The van der Waals surface area contributed by atoms with Crippen LogP contribution < -0.4 is 5.32 Å². The standard InChI is InChI=1S/C18H16FN3O2S/c1-11-3-9-15(10-4-11)20-16(23)12(2)25-18-22-21-17(24-18)13-5-7-14(19)8-6-13/h3-10,12H,1-2H3,(H,20,23)/t12-/m1/s1. The van der Waals surface area contributed by atoms with Gasteiger partial charge >= 0.3 is 0 Å². The van der Waals surface area contributed by atoms with Crippen LogP contribution in [-0.2, 0) is 4.79 Å². The number of carbonyl (C=O) groups excluding carboxylic acids is 1. The first-order valence-electron chi connectivity index (χ1n) is 7.65. The SMILES string of the molecule is Cc1ccc(NC(=O)[C@@H](C)Sc2nnc(-c3ccc(F)cc3)o2)cc1. The van der Waals surface area contributed by atoms with E-state index in [1.165, 1.54) is 23.9 Å². The van der Waals surface area contributed by atoms with Gasteiger partial charge in [0.15, 0.2) is 0 Å². The molecule has 5 nitrogen and oxygen atoms in total. The Labute approximate surface area is 148 Å². The van der Waals surface area contributed by atoms with Crippen molar-refractivity contribution in [2.75, 3.05) is 5.32 Å². The van der Waals surface area contributed by atoms with Gasteiger partial charge in [-0.15, -0.1) is 10.2 Å². The lowest BCUT2D eigenvalue weighted by Gasteiger charge is -2.10. The number of aryl methyl sites for hydroxylation is 1. The largest absolute Gasteiger partial charge is 0.411 e. The lowest BCUT2D eigenvalue weighted by Crippen LogP contribution is -2.22. The number of hydrogen-bond acceptors (Lipinski definition) is 5. The Bertz CT molecular complexity index is 863. The summed E-state index contributed by atoms with van der Waals surface area (Å²) in [7, 11) is 0. The monoisotopic (exact) mass is 357 g/mol. The number of aromatic nitrogens is 2. The van der Waals surface area contributed by atoms with E-state index in [-0.39, 0.29) is 22.8 Å². The highest BCUT2D eigenvalue weighted by atomic mass is 32.2. The van der Waals surface area contributed by atoms with Crippen molar-refractivity contribution in [3.8, 4) is 11.5 Å². The molecule has 128 valence electrons. The van der Waals surface area contributed by atoms with E-state index in [4.69, 9.17) is 4.42 Å².